The van der Waals surface area contributed by atoms with Crippen LogP contribution in [0.2, 0.25) is 0 Å². The standard InChI is InChI=1S/C18H18N2OS2/c1-20(11-17-19-13-7-3-5-9-15(13)23-17)18(21)16-10-12-6-2-4-8-14(12)22-16/h3,5,7,9-10H,2,4,6,8,11H2,1H3. The number of carbonyl (C=O) groups is 1. The molecule has 2 aromatic heterocycles. The minimum absolute atomic E-state index is 0.114. The van der Waals surface area contributed by atoms with E-state index in [1.807, 2.05) is 25.2 Å². The summed E-state index contributed by atoms with van der Waals surface area (Å²) in [4.78, 5) is 21.4. The number of thiophene rings is 1. The number of hydrogen-bond donors (Lipinski definition) is 0. The SMILES string of the molecule is CN(Cc1nc2ccccc2s1)C(=O)c1cc2c(s1)CCCC2. The summed E-state index contributed by atoms with van der Waals surface area (Å²) in [6, 6.07) is 10.2. The summed E-state index contributed by atoms with van der Waals surface area (Å²) < 4.78 is 1.18. The number of fused-ring (bicyclic) bond motifs is 2. The molecule has 0 saturated carbocycles. The highest BCUT2D eigenvalue weighted by atomic mass is 32.1. The topological polar surface area (TPSA) is 33.2 Å². The second-order valence-electron chi connectivity index (χ2n) is 6.00. The highest BCUT2D eigenvalue weighted by Crippen LogP contribution is 2.30. The van der Waals surface area contributed by atoms with Crippen molar-refractivity contribution < 1.29 is 4.79 Å². The predicted molar refractivity (Wildman–Crippen MR) is 96.4 cm³/mol. The number of thiazole rings is 1. The zero-order valence-electron chi connectivity index (χ0n) is 13.0. The molecular weight excluding hydrogens is 324 g/mol. The van der Waals surface area contributed by atoms with Crippen LogP contribution in [0.5, 0.6) is 0 Å². The molecule has 1 aliphatic rings. The Morgan fingerprint density at radius 1 is 1.22 bits per heavy atom. The van der Waals surface area contributed by atoms with Crippen molar-refractivity contribution in [2.24, 2.45) is 0 Å². The van der Waals surface area contributed by atoms with Crippen molar-refractivity contribution in [2.75, 3.05) is 7.05 Å². The lowest BCUT2D eigenvalue weighted by molar-refractivity contribution is 0.0790. The zero-order chi connectivity index (χ0) is 15.8. The van der Waals surface area contributed by atoms with Crippen LogP contribution in [0.3, 0.4) is 0 Å². The van der Waals surface area contributed by atoms with E-state index < -0.39 is 0 Å². The molecule has 0 atom stereocenters. The Kier molecular flexibility index (Phi) is 3.91. The summed E-state index contributed by atoms with van der Waals surface area (Å²) in [5.74, 6) is 0.114. The molecule has 118 valence electrons. The molecular formula is C18H18N2OS2. The van der Waals surface area contributed by atoms with Crippen LogP contribution in [-0.4, -0.2) is 22.8 Å². The molecule has 3 nitrogen and oxygen atoms in total. The van der Waals surface area contributed by atoms with Crippen LogP contribution >= 0.6 is 22.7 Å². The van der Waals surface area contributed by atoms with Crippen molar-refractivity contribution in [3.63, 3.8) is 0 Å². The van der Waals surface area contributed by atoms with Gasteiger partial charge in [-0.05, 0) is 49.4 Å². The van der Waals surface area contributed by atoms with Gasteiger partial charge < -0.3 is 4.90 Å². The predicted octanol–water partition coefficient (Wildman–Crippen LogP) is 4.51. The molecule has 0 fully saturated rings. The number of carbonyl (C=O) groups excluding carboxylic acids is 1. The molecule has 4 rings (SSSR count). The van der Waals surface area contributed by atoms with Crippen molar-refractivity contribution in [3.8, 4) is 0 Å². The molecule has 3 aromatic rings. The lowest BCUT2D eigenvalue weighted by atomic mass is 9.99. The molecule has 5 heteroatoms. The van der Waals surface area contributed by atoms with Crippen LogP contribution in [0.1, 0.15) is 38.0 Å². The first-order valence-corrected chi connectivity index (χ1v) is 9.55. The molecule has 0 radical (unpaired) electrons. The molecule has 0 saturated heterocycles. The van der Waals surface area contributed by atoms with E-state index in [0.717, 1.165) is 28.2 Å². The van der Waals surface area contributed by atoms with Crippen LogP contribution < -0.4 is 0 Å². The first-order chi connectivity index (χ1) is 11.2. The van der Waals surface area contributed by atoms with Crippen molar-refractivity contribution in [3.05, 3.63) is 50.7 Å². The van der Waals surface area contributed by atoms with Gasteiger partial charge in [0.05, 0.1) is 21.6 Å². The Hall–Kier alpha value is -1.72. The number of rotatable bonds is 3. The van der Waals surface area contributed by atoms with Gasteiger partial charge in [0.2, 0.25) is 0 Å². The summed E-state index contributed by atoms with van der Waals surface area (Å²) in [5.41, 5.74) is 2.40. The van der Waals surface area contributed by atoms with Gasteiger partial charge in [-0.1, -0.05) is 12.1 Å². The van der Waals surface area contributed by atoms with Gasteiger partial charge in [-0.2, -0.15) is 0 Å². The van der Waals surface area contributed by atoms with E-state index in [2.05, 4.69) is 17.1 Å². The lowest BCUT2D eigenvalue weighted by Crippen LogP contribution is -2.25. The van der Waals surface area contributed by atoms with Gasteiger partial charge >= 0.3 is 0 Å². The number of para-hydroxylation sites is 1. The molecule has 0 bridgehead atoms. The highest BCUT2D eigenvalue weighted by molar-refractivity contribution is 7.18. The maximum Gasteiger partial charge on any atom is 0.264 e. The van der Waals surface area contributed by atoms with Gasteiger partial charge in [0.1, 0.15) is 5.01 Å². The van der Waals surface area contributed by atoms with Crippen LogP contribution in [0.25, 0.3) is 10.2 Å². The van der Waals surface area contributed by atoms with E-state index in [1.165, 1.54) is 28.0 Å². The molecule has 0 aliphatic heterocycles. The summed E-state index contributed by atoms with van der Waals surface area (Å²) in [6.45, 7) is 0.570. The number of aryl methyl sites for hydroxylation is 2. The molecule has 1 aliphatic carbocycles. The molecule has 0 N–H and O–H groups in total. The van der Waals surface area contributed by atoms with E-state index in [0.29, 0.717) is 6.54 Å². The smallest absolute Gasteiger partial charge is 0.264 e. The Morgan fingerprint density at radius 2 is 2.04 bits per heavy atom. The van der Waals surface area contributed by atoms with Crippen molar-refractivity contribution >= 4 is 38.8 Å². The summed E-state index contributed by atoms with van der Waals surface area (Å²) in [6.07, 6.45) is 4.76. The van der Waals surface area contributed by atoms with Gasteiger partial charge in [-0.15, -0.1) is 22.7 Å². The molecule has 0 unspecified atom stereocenters. The Balaban J connectivity index is 1.52. The van der Waals surface area contributed by atoms with Crippen molar-refractivity contribution in [2.45, 2.75) is 32.2 Å². The first kappa shape index (κ1) is 14.8. The normalized spacial score (nSPS) is 14.0. The van der Waals surface area contributed by atoms with E-state index in [4.69, 9.17) is 0 Å². The number of amides is 1. The van der Waals surface area contributed by atoms with E-state index in [-0.39, 0.29) is 5.91 Å². The van der Waals surface area contributed by atoms with Crippen LogP contribution in [0.4, 0.5) is 0 Å². The van der Waals surface area contributed by atoms with Crippen LogP contribution in [-0.2, 0) is 19.4 Å². The third-order valence-corrected chi connectivity index (χ3v) is 6.51. The van der Waals surface area contributed by atoms with Gasteiger partial charge in [0.15, 0.2) is 0 Å². The fourth-order valence-corrected chi connectivity index (χ4v) is 5.32. The fraction of sp³-hybridized carbons (Fsp3) is 0.333. The zero-order valence-corrected chi connectivity index (χ0v) is 14.7. The highest BCUT2D eigenvalue weighted by Gasteiger charge is 2.20. The average Bonchev–Trinajstić information content (AvgIpc) is 3.16. The number of benzene rings is 1. The Morgan fingerprint density at radius 3 is 2.87 bits per heavy atom. The Bertz CT molecular complexity index is 808. The maximum absolute atomic E-state index is 12.7. The van der Waals surface area contributed by atoms with Gasteiger partial charge in [0, 0.05) is 11.9 Å². The Labute approximate surface area is 143 Å². The summed E-state index contributed by atoms with van der Waals surface area (Å²) in [5, 5.41) is 0.989. The average molecular weight is 342 g/mol. The molecule has 0 spiro atoms. The first-order valence-electron chi connectivity index (χ1n) is 7.92. The second kappa shape index (κ2) is 6.06. The summed E-state index contributed by atoms with van der Waals surface area (Å²) in [7, 11) is 1.87. The minimum atomic E-state index is 0.114. The van der Waals surface area contributed by atoms with Crippen molar-refractivity contribution in [1.82, 2.24) is 9.88 Å². The largest absolute Gasteiger partial charge is 0.334 e. The molecule has 1 amide bonds. The molecule has 23 heavy (non-hydrogen) atoms. The number of aromatic nitrogens is 1. The van der Waals surface area contributed by atoms with Crippen molar-refractivity contribution in [1.29, 1.82) is 0 Å². The number of hydrogen-bond acceptors (Lipinski definition) is 4. The van der Waals surface area contributed by atoms with Gasteiger partial charge in [-0.3, -0.25) is 4.79 Å². The number of nitrogens with zero attached hydrogens (tertiary/aromatic N) is 2. The molecule has 1 aromatic carbocycles. The summed E-state index contributed by atoms with van der Waals surface area (Å²) >= 11 is 3.34. The monoisotopic (exact) mass is 342 g/mol. The van der Waals surface area contributed by atoms with E-state index in [1.54, 1.807) is 27.6 Å². The maximum atomic E-state index is 12.7. The molecule has 2 heterocycles. The van der Waals surface area contributed by atoms with Crippen LogP contribution in [0, 0.1) is 0 Å². The van der Waals surface area contributed by atoms with Crippen LogP contribution in [0.15, 0.2) is 30.3 Å². The lowest BCUT2D eigenvalue weighted by Gasteiger charge is -2.14. The van der Waals surface area contributed by atoms with E-state index in [9.17, 15) is 4.79 Å². The fourth-order valence-electron chi connectivity index (χ4n) is 3.05. The third-order valence-electron chi connectivity index (χ3n) is 4.26. The second-order valence-corrected chi connectivity index (χ2v) is 8.25. The van der Waals surface area contributed by atoms with Gasteiger partial charge in [0.25, 0.3) is 5.91 Å². The quantitative estimate of drug-likeness (QED) is 0.702. The van der Waals surface area contributed by atoms with Gasteiger partial charge in [-0.25, -0.2) is 4.98 Å². The third kappa shape index (κ3) is 2.91. The van der Waals surface area contributed by atoms with E-state index >= 15 is 0 Å². The minimum Gasteiger partial charge on any atom is -0.334 e.